The van der Waals surface area contributed by atoms with Gasteiger partial charge >= 0.3 is 0 Å². The average Bonchev–Trinajstić information content (AvgIpc) is 2.57. The largest absolute Gasteiger partial charge is 0.352 e. The zero-order valence-electron chi connectivity index (χ0n) is 16.3. The Kier molecular flexibility index (Phi) is 7.65. The molecule has 2 rings (SSSR count). The minimum absolute atomic E-state index is 0.122. The summed E-state index contributed by atoms with van der Waals surface area (Å²) in [5.41, 5.74) is 1.60. The Labute approximate surface area is 158 Å². The van der Waals surface area contributed by atoms with E-state index < -0.39 is 10.0 Å². The Morgan fingerprint density at radius 2 is 1.73 bits per heavy atom. The minimum Gasteiger partial charge on any atom is -0.352 e. The second-order valence-corrected chi connectivity index (χ2v) is 9.22. The molecule has 26 heavy (non-hydrogen) atoms. The molecule has 0 bridgehead atoms. The fraction of sp³-hybridized carbons (Fsp3) is 0.650. The molecule has 0 aliphatic heterocycles. The molecule has 0 atom stereocenters. The van der Waals surface area contributed by atoms with Crippen LogP contribution in [-0.4, -0.2) is 37.8 Å². The standard InChI is InChI=1S/C20H32N2O3S/c1-4-22(26(24,25)19-14-16(2)12-13-17(19)3)15-20(23)21-18-10-8-6-5-7-9-11-18/h12-14,18H,4-11,15H2,1-3H3,(H,21,23). The summed E-state index contributed by atoms with van der Waals surface area (Å²) in [5.74, 6) is -0.202. The van der Waals surface area contributed by atoms with E-state index in [0.717, 1.165) is 31.2 Å². The molecule has 1 fully saturated rings. The number of likely N-dealkylation sites (N-methyl/N-ethyl adjacent to an activating group) is 1. The number of rotatable bonds is 6. The number of nitrogens with zero attached hydrogens (tertiary/aromatic N) is 1. The van der Waals surface area contributed by atoms with Crippen molar-refractivity contribution in [3.8, 4) is 0 Å². The van der Waals surface area contributed by atoms with E-state index in [1.807, 2.05) is 19.1 Å². The van der Waals surface area contributed by atoms with Crippen LogP contribution in [0.15, 0.2) is 23.1 Å². The second-order valence-electron chi connectivity index (χ2n) is 7.31. The highest BCUT2D eigenvalue weighted by molar-refractivity contribution is 7.89. The van der Waals surface area contributed by atoms with Gasteiger partial charge in [-0.05, 0) is 43.9 Å². The maximum atomic E-state index is 13.0. The lowest BCUT2D eigenvalue weighted by atomic mass is 9.97. The topological polar surface area (TPSA) is 66.5 Å². The first-order valence-electron chi connectivity index (χ1n) is 9.71. The smallest absolute Gasteiger partial charge is 0.243 e. The number of carbonyl (C=O) groups excluding carboxylic acids is 1. The molecule has 1 aliphatic rings. The second kappa shape index (κ2) is 9.51. The van der Waals surface area contributed by atoms with Crippen LogP contribution in [0.5, 0.6) is 0 Å². The molecular formula is C20H32N2O3S. The van der Waals surface area contributed by atoms with Crippen LogP contribution in [0.3, 0.4) is 0 Å². The van der Waals surface area contributed by atoms with Gasteiger partial charge in [0.2, 0.25) is 15.9 Å². The summed E-state index contributed by atoms with van der Waals surface area (Å²) in [5, 5.41) is 3.06. The Morgan fingerprint density at radius 3 is 2.35 bits per heavy atom. The van der Waals surface area contributed by atoms with Crippen LogP contribution in [-0.2, 0) is 14.8 Å². The summed E-state index contributed by atoms with van der Waals surface area (Å²) < 4.78 is 27.3. The van der Waals surface area contributed by atoms with Gasteiger partial charge < -0.3 is 5.32 Å². The Balaban J connectivity index is 2.07. The third kappa shape index (κ3) is 5.55. The van der Waals surface area contributed by atoms with Crippen molar-refractivity contribution < 1.29 is 13.2 Å². The van der Waals surface area contributed by atoms with E-state index in [4.69, 9.17) is 0 Å². The van der Waals surface area contributed by atoms with Gasteiger partial charge in [-0.2, -0.15) is 4.31 Å². The molecule has 0 spiro atoms. The Morgan fingerprint density at radius 1 is 1.12 bits per heavy atom. The Hall–Kier alpha value is -1.40. The molecule has 0 unspecified atom stereocenters. The van der Waals surface area contributed by atoms with E-state index in [1.54, 1.807) is 19.9 Å². The fourth-order valence-electron chi connectivity index (χ4n) is 3.53. The number of sulfonamides is 1. The first-order chi connectivity index (χ1) is 12.3. The first kappa shape index (κ1) is 20.9. The predicted octanol–water partition coefficient (Wildman–Crippen LogP) is 3.54. The van der Waals surface area contributed by atoms with Crippen molar-refractivity contribution in [2.75, 3.05) is 13.1 Å². The highest BCUT2D eigenvalue weighted by Gasteiger charge is 2.27. The quantitative estimate of drug-likeness (QED) is 0.821. The van der Waals surface area contributed by atoms with Crippen molar-refractivity contribution in [3.63, 3.8) is 0 Å². The van der Waals surface area contributed by atoms with E-state index in [0.29, 0.717) is 5.56 Å². The van der Waals surface area contributed by atoms with Gasteiger partial charge in [0.15, 0.2) is 0 Å². The molecule has 1 amide bonds. The summed E-state index contributed by atoms with van der Waals surface area (Å²) in [4.78, 5) is 12.8. The number of nitrogens with one attached hydrogen (secondary N) is 1. The van der Waals surface area contributed by atoms with Crippen LogP contribution in [0.1, 0.15) is 63.0 Å². The Bertz CT molecular complexity index is 708. The van der Waals surface area contributed by atoms with Gasteiger partial charge in [0.1, 0.15) is 0 Å². The zero-order valence-corrected chi connectivity index (χ0v) is 17.1. The van der Waals surface area contributed by atoms with E-state index in [-0.39, 0.29) is 29.9 Å². The SMILES string of the molecule is CCN(CC(=O)NC1CCCCCCC1)S(=O)(=O)c1cc(C)ccc1C. The van der Waals surface area contributed by atoms with Gasteiger partial charge in [-0.15, -0.1) is 0 Å². The minimum atomic E-state index is -3.68. The van der Waals surface area contributed by atoms with Crippen LogP contribution in [0.2, 0.25) is 0 Å². The highest BCUT2D eigenvalue weighted by atomic mass is 32.2. The average molecular weight is 381 g/mol. The van der Waals surface area contributed by atoms with Crippen molar-refractivity contribution in [3.05, 3.63) is 29.3 Å². The molecule has 0 radical (unpaired) electrons. The normalized spacial score (nSPS) is 16.9. The molecule has 1 aromatic carbocycles. The van der Waals surface area contributed by atoms with Crippen molar-refractivity contribution in [2.45, 2.75) is 76.7 Å². The molecule has 146 valence electrons. The van der Waals surface area contributed by atoms with E-state index in [2.05, 4.69) is 5.32 Å². The molecule has 5 nitrogen and oxygen atoms in total. The molecule has 1 N–H and O–H groups in total. The molecule has 6 heteroatoms. The maximum absolute atomic E-state index is 13.0. The number of carbonyl (C=O) groups is 1. The number of hydrogen-bond acceptors (Lipinski definition) is 3. The van der Waals surface area contributed by atoms with Crippen molar-refractivity contribution in [1.29, 1.82) is 0 Å². The number of amides is 1. The van der Waals surface area contributed by atoms with Gasteiger partial charge in [0.05, 0.1) is 11.4 Å². The first-order valence-corrected chi connectivity index (χ1v) is 11.2. The number of benzene rings is 1. The molecule has 0 aromatic heterocycles. The lowest BCUT2D eigenvalue weighted by molar-refractivity contribution is -0.122. The number of hydrogen-bond donors (Lipinski definition) is 1. The van der Waals surface area contributed by atoms with Gasteiger partial charge in [-0.25, -0.2) is 8.42 Å². The molecule has 1 aromatic rings. The fourth-order valence-corrected chi connectivity index (χ4v) is 5.24. The van der Waals surface area contributed by atoms with Gasteiger partial charge in [0.25, 0.3) is 0 Å². The van der Waals surface area contributed by atoms with E-state index in [9.17, 15) is 13.2 Å². The summed E-state index contributed by atoms with van der Waals surface area (Å²) >= 11 is 0. The third-order valence-electron chi connectivity index (χ3n) is 5.10. The van der Waals surface area contributed by atoms with E-state index >= 15 is 0 Å². The molecule has 1 aliphatic carbocycles. The summed E-state index contributed by atoms with van der Waals surface area (Å²) in [7, 11) is -3.68. The van der Waals surface area contributed by atoms with Crippen LogP contribution in [0.4, 0.5) is 0 Å². The zero-order chi connectivity index (χ0) is 19.2. The van der Waals surface area contributed by atoms with Gasteiger partial charge in [0, 0.05) is 12.6 Å². The summed E-state index contributed by atoms with van der Waals surface area (Å²) in [6, 6.07) is 5.56. The molecule has 1 saturated carbocycles. The maximum Gasteiger partial charge on any atom is 0.243 e. The third-order valence-corrected chi connectivity index (χ3v) is 7.17. The monoisotopic (exact) mass is 380 g/mol. The van der Waals surface area contributed by atoms with Crippen LogP contribution in [0, 0.1) is 13.8 Å². The van der Waals surface area contributed by atoms with Gasteiger partial charge in [-0.1, -0.05) is 51.2 Å². The lowest BCUT2D eigenvalue weighted by Crippen LogP contribution is -2.44. The van der Waals surface area contributed by atoms with E-state index in [1.165, 1.54) is 23.6 Å². The van der Waals surface area contributed by atoms with Crippen molar-refractivity contribution in [2.24, 2.45) is 0 Å². The van der Waals surface area contributed by atoms with Crippen LogP contribution < -0.4 is 5.32 Å². The lowest BCUT2D eigenvalue weighted by Gasteiger charge is -2.24. The molecule has 0 heterocycles. The predicted molar refractivity (Wildman–Crippen MR) is 105 cm³/mol. The van der Waals surface area contributed by atoms with Crippen molar-refractivity contribution in [1.82, 2.24) is 9.62 Å². The van der Waals surface area contributed by atoms with Gasteiger partial charge in [-0.3, -0.25) is 4.79 Å². The summed E-state index contributed by atoms with van der Waals surface area (Å²) in [6.07, 6.45) is 7.94. The number of aryl methyl sites for hydroxylation is 2. The molecular weight excluding hydrogens is 348 g/mol. The molecule has 0 saturated heterocycles. The van der Waals surface area contributed by atoms with Crippen molar-refractivity contribution >= 4 is 15.9 Å². The van der Waals surface area contributed by atoms with Crippen LogP contribution in [0.25, 0.3) is 0 Å². The van der Waals surface area contributed by atoms with Crippen LogP contribution >= 0.6 is 0 Å². The highest BCUT2D eigenvalue weighted by Crippen LogP contribution is 2.21. The summed E-state index contributed by atoms with van der Waals surface area (Å²) in [6.45, 7) is 5.58.